The summed E-state index contributed by atoms with van der Waals surface area (Å²) in [4.78, 5) is 23.5. The van der Waals surface area contributed by atoms with E-state index in [1.807, 2.05) is 6.92 Å². The van der Waals surface area contributed by atoms with E-state index in [2.05, 4.69) is 31.1 Å². The van der Waals surface area contributed by atoms with Gasteiger partial charge in [0.25, 0.3) is 11.8 Å². The number of carbonyl (C=O) groups is 2. The molecular formula is C21H33N3O2. The normalized spacial score (nSPS) is 19.5. The molecule has 0 bridgehead atoms. The van der Waals surface area contributed by atoms with Crippen molar-refractivity contribution in [1.82, 2.24) is 10.6 Å². The highest BCUT2D eigenvalue weighted by Gasteiger charge is 2.33. The molecule has 1 aliphatic carbocycles. The third-order valence-electron chi connectivity index (χ3n) is 4.88. The Kier molecular flexibility index (Phi) is 8.00. The molecule has 0 aliphatic heterocycles. The minimum Gasteiger partial charge on any atom is -0.293 e. The van der Waals surface area contributed by atoms with Gasteiger partial charge in [-0.1, -0.05) is 37.1 Å². The van der Waals surface area contributed by atoms with Crippen LogP contribution < -0.4 is 10.6 Å². The number of amides is 2. The average molecular weight is 360 g/mol. The van der Waals surface area contributed by atoms with Crippen LogP contribution >= 0.6 is 0 Å². The van der Waals surface area contributed by atoms with Crippen LogP contribution in [0.5, 0.6) is 0 Å². The van der Waals surface area contributed by atoms with Gasteiger partial charge >= 0.3 is 0 Å². The zero-order valence-electron chi connectivity index (χ0n) is 16.8. The lowest BCUT2D eigenvalue weighted by Gasteiger charge is -2.40. The number of carbonyl (C=O) groups excluding carboxylic acids is 2. The third-order valence-corrected chi connectivity index (χ3v) is 4.88. The molecule has 1 saturated carbocycles. The summed E-state index contributed by atoms with van der Waals surface area (Å²) in [6.45, 7) is 14.3. The summed E-state index contributed by atoms with van der Waals surface area (Å²) in [7, 11) is 0. The molecule has 26 heavy (non-hydrogen) atoms. The van der Waals surface area contributed by atoms with Crippen molar-refractivity contribution in [2.45, 2.75) is 66.7 Å². The predicted molar refractivity (Wildman–Crippen MR) is 107 cm³/mol. The zero-order valence-corrected chi connectivity index (χ0v) is 16.8. The molecule has 1 atom stereocenters. The second-order valence-electron chi connectivity index (χ2n) is 8.16. The molecule has 0 aromatic carbocycles. The Balaban J connectivity index is 2.52. The van der Waals surface area contributed by atoms with Gasteiger partial charge in [0.05, 0.1) is 0 Å². The highest BCUT2D eigenvalue weighted by molar-refractivity contribution is 6.08. The van der Waals surface area contributed by atoms with Crippen LogP contribution in [0.25, 0.3) is 0 Å². The molecule has 2 amide bonds. The highest BCUT2D eigenvalue weighted by Crippen LogP contribution is 2.45. The molecule has 0 aromatic rings. The van der Waals surface area contributed by atoms with Crippen LogP contribution in [0, 0.1) is 16.7 Å². The Morgan fingerprint density at radius 3 is 2.31 bits per heavy atom. The fourth-order valence-electron chi connectivity index (χ4n) is 3.55. The van der Waals surface area contributed by atoms with E-state index in [4.69, 9.17) is 5.41 Å². The Morgan fingerprint density at radius 1 is 1.19 bits per heavy atom. The molecule has 0 radical (unpaired) electrons. The maximum absolute atomic E-state index is 12.0. The van der Waals surface area contributed by atoms with Crippen molar-refractivity contribution < 1.29 is 9.59 Å². The van der Waals surface area contributed by atoms with Crippen molar-refractivity contribution >= 4 is 17.8 Å². The molecule has 0 unspecified atom stereocenters. The van der Waals surface area contributed by atoms with E-state index in [-0.39, 0.29) is 11.4 Å². The number of rotatable bonds is 5. The fraction of sp³-hybridized carbons (Fsp3) is 0.571. The van der Waals surface area contributed by atoms with E-state index < -0.39 is 11.8 Å². The smallest absolute Gasteiger partial charge is 0.250 e. The van der Waals surface area contributed by atoms with Gasteiger partial charge in [0.1, 0.15) is 0 Å². The lowest BCUT2D eigenvalue weighted by molar-refractivity contribution is -0.115. The van der Waals surface area contributed by atoms with Crippen LogP contribution in [-0.2, 0) is 9.59 Å². The van der Waals surface area contributed by atoms with E-state index in [9.17, 15) is 9.59 Å². The monoisotopic (exact) mass is 359 g/mol. The molecule has 5 heteroatoms. The second kappa shape index (κ2) is 9.51. The van der Waals surface area contributed by atoms with Crippen molar-refractivity contribution in [3.8, 4) is 0 Å². The van der Waals surface area contributed by atoms with E-state index in [0.717, 1.165) is 30.4 Å². The number of allylic oxidation sites excluding steroid dienone is 3. The van der Waals surface area contributed by atoms with E-state index in [0.29, 0.717) is 5.92 Å². The Bertz CT molecular complexity index is 638. The van der Waals surface area contributed by atoms with Gasteiger partial charge in [-0.05, 0) is 64.2 Å². The first-order valence-electron chi connectivity index (χ1n) is 9.21. The molecule has 1 fully saturated rings. The molecule has 5 nitrogen and oxygen atoms in total. The molecule has 0 heterocycles. The fourth-order valence-corrected chi connectivity index (χ4v) is 3.55. The van der Waals surface area contributed by atoms with Crippen molar-refractivity contribution in [3.05, 3.63) is 35.5 Å². The molecule has 0 spiro atoms. The van der Waals surface area contributed by atoms with Gasteiger partial charge in [0.15, 0.2) is 0 Å². The maximum Gasteiger partial charge on any atom is 0.250 e. The number of guanidine groups is 1. The van der Waals surface area contributed by atoms with Gasteiger partial charge < -0.3 is 0 Å². The van der Waals surface area contributed by atoms with Crippen molar-refractivity contribution in [3.63, 3.8) is 0 Å². The standard InChI is InChI=1S/C21H33N3O2/c1-14(2)12-18(25)23-20(22)24-19(26)13-15(3)9-10-17-16(4)8-7-11-21(17,5)6/h12-13,17H,4,7-11H2,1-3,5-6H3,(H3,22,23,24,25,26)/b15-13+/t17-/m1/s1. The van der Waals surface area contributed by atoms with Crippen molar-refractivity contribution in [1.29, 1.82) is 5.41 Å². The predicted octanol–water partition coefficient (Wildman–Crippen LogP) is 4.23. The molecule has 1 rings (SSSR count). The maximum atomic E-state index is 12.0. The minimum atomic E-state index is -0.422. The summed E-state index contributed by atoms with van der Waals surface area (Å²) in [5.41, 5.74) is 3.36. The lowest BCUT2D eigenvalue weighted by Crippen LogP contribution is -2.42. The summed E-state index contributed by atoms with van der Waals surface area (Å²) in [6.07, 6.45) is 8.19. The summed E-state index contributed by atoms with van der Waals surface area (Å²) in [5, 5.41) is 12.3. The van der Waals surface area contributed by atoms with Gasteiger partial charge in [0.2, 0.25) is 5.96 Å². The minimum absolute atomic E-state index is 0.259. The molecular weight excluding hydrogens is 326 g/mol. The Hall–Kier alpha value is -2.17. The number of hydrogen-bond donors (Lipinski definition) is 3. The van der Waals surface area contributed by atoms with Crippen LogP contribution in [0.15, 0.2) is 35.5 Å². The number of nitrogens with one attached hydrogen (secondary N) is 3. The third kappa shape index (κ3) is 7.38. The highest BCUT2D eigenvalue weighted by atomic mass is 16.2. The van der Waals surface area contributed by atoms with Crippen LogP contribution in [0.4, 0.5) is 0 Å². The second-order valence-corrected chi connectivity index (χ2v) is 8.16. The molecule has 144 valence electrons. The molecule has 3 N–H and O–H groups in total. The Morgan fingerprint density at radius 2 is 1.77 bits per heavy atom. The van der Waals surface area contributed by atoms with Gasteiger partial charge in [0, 0.05) is 12.2 Å². The first-order chi connectivity index (χ1) is 12.0. The molecule has 0 aromatic heterocycles. The first kappa shape index (κ1) is 21.9. The lowest BCUT2D eigenvalue weighted by atomic mass is 9.65. The number of hydrogen-bond acceptors (Lipinski definition) is 3. The van der Waals surface area contributed by atoms with Gasteiger partial charge in [-0.15, -0.1) is 0 Å². The van der Waals surface area contributed by atoms with E-state index in [1.165, 1.54) is 30.6 Å². The molecule has 0 saturated heterocycles. The molecule has 1 aliphatic rings. The zero-order chi connectivity index (χ0) is 19.9. The average Bonchev–Trinajstić information content (AvgIpc) is 2.44. The van der Waals surface area contributed by atoms with Crippen LogP contribution in [-0.4, -0.2) is 17.8 Å². The van der Waals surface area contributed by atoms with Crippen LogP contribution in [0.1, 0.15) is 66.7 Å². The summed E-state index contributed by atoms with van der Waals surface area (Å²) in [5.74, 6) is -0.659. The SMILES string of the molecule is C=C1CCCC(C)(C)[C@@H]1CC/C(C)=C/C(=O)NC(=N)NC(=O)C=C(C)C. The van der Waals surface area contributed by atoms with E-state index in [1.54, 1.807) is 13.8 Å². The summed E-state index contributed by atoms with van der Waals surface area (Å²) in [6, 6.07) is 0. The van der Waals surface area contributed by atoms with Crippen molar-refractivity contribution in [2.75, 3.05) is 0 Å². The quantitative estimate of drug-likeness (QED) is 0.297. The van der Waals surface area contributed by atoms with Crippen molar-refractivity contribution in [2.24, 2.45) is 11.3 Å². The first-order valence-corrected chi connectivity index (χ1v) is 9.21. The topological polar surface area (TPSA) is 82.1 Å². The van der Waals surface area contributed by atoms with E-state index >= 15 is 0 Å². The summed E-state index contributed by atoms with van der Waals surface area (Å²) >= 11 is 0. The van der Waals surface area contributed by atoms with Crippen LogP contribution in [0.2, 0.25) is 0 Å². The van der Waals surface area contributed by atoms with Gasteiger partial charge in [-0.25, -0.2) is 0 Å². The van der Waals surface area contributed by atoms with Gasteiger partial charge in [-0.2, -0.15) is 0 Å². The van der Waals surface area contributed by atoms with Gasteiger partial charge in [-0.3, -0.25) is 25.6 Å². The largest absolute Gasteiger partial charge is 0.293 e. The summed E-state index contributed by atoms with van der Waals surface area (Å²) < 4.78 is 0. The van der Waals surface area contributed by atoms with Crippen LogP contribution in [0.3, 0.4) is 0 Å². The Labute approximate surface area is 157 Å².